The van der Waals surface area contributed by atoms with Crippen molar-refractivity contribution in [2.75, 3.05) is 9.80 Å². The minimum Gasteiger partial charge on any atom is -0.452 e. The summed E-state index contributed by atoms with van der Waals surface area (Å²) >= 11 is 0. The van der Waals surface area contributed by atoms with Crippen molar-refractivity contribution in [1.29, 1.82) is 0 Å². The summed E-state index contributed by atoms with van der Waals surface area (Å²) in [4.78, 5) is 4.71. The van der Waals surface area contributed by atoms with Gasteiger partial charge in [-0.2, -0.15) is 0 Å². The predicted octanol–water partition coefficient (Wildman–Crippen LogP) is 17.7. The van der Waals surface area contributed by atoms with Gasteiger partial charge in [0.1, 0.15) is 0 Å². The van der Waals surface area contributed by atoms with Crippen molar-refractivity contribution >= 4 is 55.7 Å². The molecule has 0 bridgehead atoms. The largest absolute Gasteiger partial charge is 0.452 e. The third-order valence-corrected chi connectivity index (χ3v) is 12.7. The number of ether oxygens (including phenoxy) is 1. The standard InChI is InChI=1S/C62H42N2O/c1-4-15-43(16-5-1)46-29-36-51(37-30-46)63(52-38-31-47(32-39-52)44-17-6-2-7-18-44)58-28-14-26-56-55-25-12-23-50-35-42-59(62(60(50)55)65-61(56)58)64(57-27-13-22-49-21-10-11-24-54(49)57)53-40-33-48(34-41-53)45-19-8-3-9-20-45/h1-42H. The molecule has 3 nitrogen and oxygen atoms in total. The highest BCUT2D eigenvalue weighted by molar-refractivity contribution is 6.10. The number of nitrogens with zero attached hydrogens (tertiary/aromatic N) is 2. The van der Waals surface area contributed by atoms with Crippen LogP contribution >= 0.6 is 0 Å². The molecule has 0 saturated heterocycles. The van der Waals surface area contributed by atoms with Crippen molar-refractivity contribution in [3.8, 4) is 56.0 Å². The van der Waals surface area contributed by atoms with Crippen LogP contribution in [-0.4, -0.2) is 0 Å². The molecule has 0 unspecified atom stereocenters. The molecule has 3 heteroatoms. The molecular formula is C62H42N2O. The van der Waals surface area contributed by atoms with Crippen LogP contribution in [0.25, 0.3) is 66.1 Å². The Morgan fingerprint density at radius 3 is 1.25 bits per heavy atom. The molecular weight excluding hydrogens is 789 g/mol. The zero-order valence-corrected chi connectivity index (χ0v) is 35.6. The first-order valence-electron chi connectivity index (χ1n) is 22.2. The minimum absolute atomic E-state index is 0.802. The molecule has 1 aliphatic heterocycles. The van der Waals surface area contributed by atoms with E-state index in [-0.39, 0.29) is 0 Å². The van der Waals surface area contributed by atoms with Crippen LogP contribution in [0, 0.1) is 0 Å². The predicted molar refractivity (Wildman–Crippen MR) is 273 cm³/mol. The quantitative estimate of drug-likeness (QED) is 0.144. The summed E-state index contributed by atoms with van der Waals surface area (Å²) in [6.07, 6.45) is 0. The fourth-order valence-corrected chi connectivity index (χ4v) is 9.50. The molecule has 0 fully saturated rings. The number of hydrogen-bond acceptors (Lipinski definition) is 3. The van der Waals surface area contributed by atoms with Crippen LogP contribution in [0.1, 0.15) is 0 Å². The van der Waals surface area contributed by atoms with Gasteiger partial charge in [-0.3, -0.25) is 0 Å². The summed E-state index contributed by atoms with van der Waals surface area (Å²) < 4.78 is 7.57. The number of hydrogen-bond donors (Lipinski definition) is 0. The van der Waals surface area contributed by atoms with Crippen molar-refractivity contribution in [2.24, 2.45) is 0 Å². The average molecular weight is 831 g/mol. The van der Waals surface area contributed by atoms with E-state index in [0.29, 0.717) is 0 Å². The topological polar surface area (TPSA) is 15.7 Å². The van der Waals surface area contributed by atoms with E-state index in [2.05, 4.69) is 265 Å². The van der Waals surface area contributed by atoms with E-state index in [0.717, 1.165) is 89.6 Å². The van der Waals surface area contributed by atoms with E-state index < -0.39 is 0 Å². The summed E-state index contributed by atoms with van der Waals surface area (Å²) in [7, 11) is 0. The van der Waals surface area contributed by atoms with Crippen LogP contribution in [0.5, 0.6) is 11.5 Å². The molecule has 0 amide bonds. The van der Waals surface area contributed by atoms with Crippen molar-refractivity contribution in [2.45, 2.75) is 0 Å². The third kappa shape index (κ3) is 6.87. The number of anilines is 6. The molecule has 11 aromatic rings. The van der Waals surface area contributed by atoms with E-state index in [1.807, 2.05) is 0 Å². The van der Waals surface area contributed by atoms with E-state index in [4.69, 9.17) is 4.74 Å². The second-order valence-electron chi connectivity index (χ2n) is 16.5. The van der Waals surface area contributed by atoms with Gasteiger partial charge in [-0.1, -0.05) is 200 Å². The van der Waals surface area contributed by atoms with Gasteiger partial charge in [0.15, 0.2) is 11.5 Å². The summed E-state index contributed by atoms with van der Waals surface area (Å²) in [6.45, 7) is 0. The van der Waals surface area contributed by atoms with E-state index in [1.54, 1.807) is 0 Å². The Kier molecular flexibility index (Phi) is 9.50. The maximum Gasteiger partial charge on any atom is 0.160 e. The fraction of sp³-hybridized carbons (Fsp3) is 0. The Morgan fingerprint density at radius 2 is 0.662 bits per heavy atom. The van der Waals surface area contributed by atoms with E-state index in [1.165, 1.54) is 22.1 Å². The van der Waals surface area contributed by atoms with Crippen molar-refractivity contribution < 1.29 is 4.74 Å². The van der Waals surface area contributed by atoms with Crippen molar-refractivity contribution in [3.63, 3.8) is 0 Å². The van der Waals surface area contributed by atoms with Crippen LogP contribution < -0.4 is 14.5 Å². The van der Waals surface area contributed by atoms with Crippen LogP contribution in [0.3, 0.4) is 0 Å². The Bertz CT molecular complexity index is 3390. The lowest BCUT2D eigenvalue weighted by Crippen LogP contribution is -2.15. The number of benzene rings is 11. The maximum atomic E-state index is 7.57. The van der Waals surface area contributed by atoms with Crippen LogP contribution in [-0.2, 0) is 0 Å². The molecule has 0 saturated carbocycles. The molecule has 11 aromatic carbocycles. The number of fused-ring (bicyclic) bond motifs is 3. The lowest BCUT2D eigenvalue weighted by Gasteiger charge is -2.34. The maximum absolute atomic E-state index is 7.57. The Balaban J connectivity index is 1.05. The summed E-state index contributed by atoms with van der Waals surface area (Å²) in [5.41, 5.74) is 15.3. The molecule has 0 aliphatic carbocycles. The average Bonchev–Trinajstić information content (AvgIpc) is 3.39. The van der Waals surface area contributed by atoms with Crippen LogP contribution in [0.4, 0.5) is 34.1 Å². The van der Waals surface area contributed by atoms with Gasteiger partial charge >= 0.3 is 0 Å². The molecule has 0 N–H and O–H groups in total. The fourth-order valence-electron chi connectivity index (χ4n) is 9.50. The SMILES string of the molecule is c1ccc(-c2ccc(N(c3ccc(-c4ccccc4)cc3)c3cccc4c3Oc3c(N(c5ccc(-c6ccccc6)cc5)c5cccc6ccccc56)ccc5cccc-4c35)cc2)cc1. The highest BCUT2D eigenvalue weighted by Crippen LogP contribution is 2.57. The van der Waals surface area contributed by atoms with E-state index >= 15 is 0 Å². The van der Waals surface area contributed by atoms with E-state index in [9.17, 15) is 0 Å². The number of para-hydroxylation sites is 1. The van der Waals surface area contributed by atoms with Gasteiger partial charge in [-0.15, -0.1) is 0 Å². The highest BCUT2D eigenvalue weighted by Gasteiger charge is 2.30. The molecule has 1 aliphatic rings. The zero-order chi connectivity index (χ0) is 43.1. The first-order chi connectivity index (χ1) is 32.2. The molecule has 12 rings (SSSR count). The molecule has 0 spiro atoms. The Labute approximate surface area is 379 Å². The molecule has 1 heterocycles. The molecule has 0 radical (unpaired) electrons. The molecule has 0 aromatic heterocycles. The monoisotopic (exact) mass is 830 g/mol. The molecule has 0 atom stereocenters. The Hall–Kier alpha value is -8.66. The first-order valence-corrected chi connectivity index (χ1v) is 22.2. The van der Waals surface area contributed by atoms with Crippen LogP contribution in [0.2, 0.25) is 0 Å². The molecule has 306 valence electrons. The zero-order valence-electron chi connectivity index (χ0n) is 35.6. The summed E-state index contributed by atoms with van der Waals surface area (Å²) in [6, 6.07) is 91.1. The smallest absolute Gasteiger partial charge is 0.160 e. The van der Waals surface area contributed by atoms with Gasteiger partial charge < -0.3 is 14.5 Å². The van der Waals surface area contributed by atoms with Crippen molar-refractivity contribution in [3.05, 3.63) is 255 Å². The van der Waals surface area contributed by atoms with Crippen molar-refractivity contribution in [1.82, 2.24) is 0 Å². The molecule has 65 heavy (non-hydrogen) atoms. The lowest BCUT2D eigenvalue weighted by molar-refractivity contribution is 0.489. The minimum atomic E-state index is 0.802. The second kappa shape index (κ2) is 16.2. The summed E-state index contributed by atoms with van der Waals surface area (Å²) in [5, 5.41) is 4.54. The van der Waals surface area contributed by atoms with Crippen LogP contribution in [0.15, 0.2) is 255 Å². The normalized spacial score (nSPS) is 11.5. The van der Waals surface area contributed by atoms with Gasteiger partial charge in [-0.25, -0.2) is 0 Å². The van der Waals surface area contributed by atoms with Gasteiger partial charge in [0.25, 0.3) is 0 Å². The summed E-state index contributed by atoms with van der Waals surface area (Å²) in [5.74, 6) is 1.62. The second-order valence-corrected chi connectivity index (χ2v) is 16.5. The lowest BCUT2D eigenvalue weighted by atomic mass is 9.92. The Morgan fingerprint density at radius 1 is 0.246 bits per heavy atom. The van der Waals surface area contributed by atoms with Gasteiger partial charge in [0, 0.05) is 33.4 Å². The first kappa shape index (κ1) is 38.0. The van der Waals surface area contributed by atoms with Gasteiger partial charge in [0.05, 0.1) is 17.1 Å². The van der Waals surface area contributed by atoms with Gasteiger partial charge in [-0.05, 0) is 104 Å². The highest BCUT2D eigenvalue weighted by atomic mass is 16.5. The number of rotatable bonds is 9. The van der Waals surface area contributed by atoms with Gasteiger partial charge in [0.2, 0.25) is 0 Å². The third-order valence-electron chi connectivity index (χ3n) is 12.7.